The van der Waals surface area contributed by atoms with Crippen LogP contribution in [0.2, 0.25) is 0 Å². The number of ether oxygens (including phenoxy) is 1. The van der Waals surface area contributed by atoms with Crippen molar-refractivity contribution < 1.29 is 9.53 Å². The fourth-order valence-corrected chi connectivity index (χ4v) is 2.75. The van der Waals surface area contributed by atoms with E-state index >= 15 is 0 Å². The molecule has 3 heterocycles. The Kier molecular flexibility index (Phi) is 6.07. The lowest BCUT2D eigenvalue weighted by molar-refractivity contribution is -0.122. The standard InChI is InChI=1S/C15H24N8O2/c1-2-13(9-22-4-3-16-12-22)17-15(24)11-23-14(18-19-20-23)10-21-5-7-25-8-6-21/h3-4,12-13H,2,5-11H2,1H3,(H,17,24)/t13-/m0/s1. The highest BCUT2D eigenvalue weighted by Crippen LogP contribution is 2.04. The van der Waals surface area contributed by atoms with Crippen LogP contribution in [0.4, 0.5) is 0 Å². The zero-order valence-electron chi connectivity index (χ0n) is 14.4. The molecular formula is C15H24N8O2. The molecule has 1 amide bonds. The number of imidazole rings is 1. The van der Waals surface area contributed by atoms with Gasteiger partial charge in [0.1, 0.15) is 6.54 Å². The number of aromatic nitrogens is 6. The molecule has 10 heteroatoms. The van der Waals surface area contributed by atoms with E-state index in [0.29, 0.717) is 32.1 Å². The third-order valence-corrected chi connectivity index (χ3v) is 4.22. The van der Waals surface area contributed by atoms with Gasteiger partial charge in [0, 0.05) is 38.1 Å². The lowest BCUT2D eigenvalue weighted by atomic mass is 10.2. The summed E-state index contributed by atoms with van der Waals surface area (Å²) in [5.74, 6) is 0.599. The molecule has 0 saturated carbocycles. The number of carbonyl (C=O) groups excluding carboxylic acids is 1. The van der Waals surface area contributed by atoms with E-state index in [1.807, 2.05) is 17.7 Å². The average molecular weight is 348 g/mol. The molecule has 1 aliphatic rings. The van der Waals surface area contributed by atoms with E-state index in [1.54, 1.807) is 17.2 Å². The van der Waals surface area contributed by atoms with Gasteiger partial charge in [-0.05, 0) is 16.8 Å². The summed E-state index contributed by atoms with van der Waals surface area (Å²) >= 11 is 0. The zero-order chi connectivity index (χ0) is 17.5. The molecule has 10 nitrogen and oxygen atoms in total. The van der Waals surface area contributed by atoms with Crippen molar-refractivity contribution in [3.05, 3.63) is 24.5 Å². The Morgan fingerprint density at radius 3 is 2.96 bits per heavy atom. The van der Waals surface area contributed by atoms with Crippen LogP contribution in [0, 0.1) is 0 Å². The fraction of sp³-hybridized carbons (Fsp3) is 0.667. The molecule has 0 unspecified atom stereocenters. The Morgan fingerprint density at radius 1 is 1.40 bits per heavy atom. The first-order chi connectivity index (χ1) is 12.2. The van der Waals surface area contributed by atoms with Crippen molar-refractivity contribution in [2.45, 2.75) is 39.0 Å². The van der Waals surface area contributed by atoms with Crippen LogP contribution >= 0.6 is 0 Å². The van der Waals surface area contributed by atoms with Gasteiger partial charge in [0.2, 0.25) is 5.91 Å². The highest BCUT2D eigenvalue weighted by Gasteiger charge is 2.18. The number of nitrogens with one attached hydrogen (secondary N) is 1. The van der Waals surface area contributed by atoms with E-state index in [4.69, 9.17) is 4.74 Å². The van der Waals surface area contributed by atoms with E-state index < -0.39 is 0 Å². The third kappa shape index (κ3) is 5.07. The summed E-state index contributed by atoms with van der Waals surface area (Å²) in [5, 5.41) is 14.8. The normalized spacial score (nSPS) is 16.7. The molecule has 1 fully saturated rings. The minimum atomic E-state index is -0.0949. The quantitative estimate of drug-likeness (QED) is 0.672. The lowest BCUT2D eigenvalue weighted by Gasteiger charge is -2.25. The first kappa shape index (κ1) is 17.5. The van der Waals surface area contributed by atoms with E-state index in [1.165, 1.54) is 0 Å². The Morgan fingerprint density at radius 2 is 2.24 bits per heavy atom. The number of amides is 1. The number of nitrogens with zero attached hydrogens (tertiary/aromatic N) is 7. The number of rotatable bonds is 8. The number of carbonyl (C=O) groups is 1. The van der Waals surface area contributed by atoms with Crippen molar-refractivity contribution in [3.8, 4) is 0 Å². The maximum absolute atomic E-state index is 12.4. The minimum absolute atomic E-state index is 0.0425. The van der Waals surface area contributed by atoms with Gasteiger partial charge in [-0.2, -0.15) is 0 Å². The second kappa shape index (κ2) is 8.67. The first-order valence-corrected chi connectivity index (χ1v) is 8.55. The summed E-state index contributed by atoms with van der Waals surface area (Å²) in [6.07, 6.45) is 6.20. The monoisotopic (exact) mass is 348 g/mol. The molecule has 0 radical (unpaired) electrons. The van der Waals surface area contributed by atoms with Crippen LogP contribution in [-0.4, -0.2) is 72.9 Å². The van der Waals surface area contributed by atoms with Crippen molar-refractivity contribution in [2.24, 2.45) is 0 Å². The Hall–Kier alpha value is -2.33. The van der Waals surface area contributed by atoms with Crippen molar-refractivity contribution in [1.29, 1.82) is 0 Å². The van der Waals surface area contributed by atoms with E-state index in [2.05, 4.69) is 30.7 Å². The number of morpholine rings is 1. The number of hydrogen-bond donors (Lipinski definition) is 1. The maximum Gasteiger partial charge on any atom is 0.242 e. The van der Waals surface area contributed by atoms with Gasteiger partial charge < -0.3 is 14.6 Å². The van der Waals surface area contributed by atoms with Crippen LogP contribution in [0.3, 0.4) is 0 Å². The molecule has 2 aromatic rings. The van der Waals surface area contributed by atoms with Crippen LogP contribution in [0.5, 0.6) is 0 Å². The summed E-state index contributed by atoms with van der Waals surface area (Å²) in [6.45, 7) is 6.61. The van der Waals surface area contributed by atoms with Crippen molar-refractivity contribution >= 4 is 5.91 Å². The fourth-order valence-electron chi connectivity index (χ4n) is 2.75. The van der Waals surface area contributed by atoms with Crippen LogP contribution in [0.1, 0.15) is 19.2 Å². The van der Waals surface area contributed by atoms with E-state index in [9.17, 15) is 4.79 Å². The molecule has 2 aromatic heterocycles. The Balaban J connectivity index is 1.52. The molecule has 0 aliphatic carbocycles. The van der Waals surface area contributed by atoms with Gasteiger partial charge in [-0.15, -0.1) is 5.10 Å². The molecule has 0 bridgehead atoms. The van der Waals surface area contributed by atoms with Gasteiger partial charge >= 0.3 is 0 Å². The third-order valence-electron chi connectivity index (χ3n) is 4.22. The van der Waals surface area contributed by atoms with Crippen molar-refractivity contribution in [1.82, 2.24) is 40.0 Å². The Labute approximate surface area is 146 Å². The maximum atomic E-state index is 12.4. The van der Waals surface area contributed by atoms with E-state index in [-0.39, 0.29) is 18.5 Å². The van der Waals surface area contributed by atoms with Gasteiger partial charge in [-0.3, -0.25) is 9.69 Å². The van der Waals surface area contributed by atoms with Gasteiger partial charge in [0.05, 0.1) is 26.1 Å². The largest absolute Gasteiger partial charge is 0.379 e. The van der Waals surface area contributed by atoms with Crippen molar-refractivity contribution in [3.63, 3.8) is 0 Å². The summed E-state index contributed by atoms with van der Waals surface area (Å²) in [7, 11) is 0. The van der Waals surface area contributed by atoms with Crippen LogP contribution in [0.15, 0.2) is 18.7 Å². The number of tetrazole rings is 1. The summed E-state index contributed by atoms with van der Waals surface area (Å²) in [5.41, 5.74) is 0. The summed E-state index contributed by atoms with van der Waals surface area (Å²) < 4.78 is 8.86. The average Bonchev–Trinajstić information content (AvgIpc) is 3.28. The number of hydrogen-bond acceptors (Lipinski definition) is 7. The second-order valence-corrected chi connectivity index (χ2v) is 6.07. The Bertz CT molecular complexity index is 650. The zero-order valence-corrected chi connectivity index (χ0v) is 14.4. The highest BCUT2D eigenvalue weighted by molar-refractivity contribution is 5.75. The molecule has 136 valence electrons. The molecule has 1 atom stereocenters. The predicted molar refractivity (Wildman–Crippen MR) is 88.4 cm³/mol. The molecule has 25 heavy (non-hydrogen) atoms. The minimum Gasteiger partial charge on any atom is -0.379 e. The summed E-state index contributed by atoms with van der Waals surface area (Å²) in [4.78, 5) is 18.6. The summed E-state index contributed by atoms with van der Waals surface area (Å²) in [6, 6.07) is 0.0425. The lowest BCUT2D eigenvalue weighted by Crippen LogP contribution is -2.40. The molecule has 0 aromatic carbocycles. The first-order valence-electron chi connectivity index (χ1n) is 8.55. The topological polar surface area (TPSA) is 103 Å². The molecule has 1 saturated heterocycles. The van der Waals surface area contributed by atoms with Gasteiger partial charge in [0.25, 0.3) is 0 Å². The van der Waals surface area contributed by atoms with Gasteiger partial charge in [-0.1, -0.05) is 6.92 Å². The predicted octanol–water partition coefficient (Wildman–Crippen LogP) is -0.703. The highest BCUT2D eigenvalue weighted by atomic mass is 16.5. The SMILES string of the molecule is CC[C@@H](Cn1ccnc1)NC(=O)Cn1nnnc1CN1CCOCC1. The molecule has 0 spiro atoms. The molecule has 1 aliphatic heterocycles. The van der Waals surface area contributed by atoms with Crippen LogP contribution < -0.4 is 5.32 Å². The van der Waals surface area contributed by atoms with Crippen molar-refractivity contribution in [2.75, 3.05) is 26.3 Å². The van der Waals surface area contributed by atoms with Crippen LogP contribution in [-0.2, 0) is 29.2 Å². The van der Waals surface area contributed by atoms with Crippen LogP contribution in [0.25, 0.3) is 0 Å². The van der Waals surface area contributed by atoms with Gasteiger partial charge in [-0.25, -0.2) is 9.67 Å². The van der Waals surface area contributed by atoms with Gasteiger partial charge in [0.15, 0.2) is 5.82 Å². The van der Waals surface area contributed by atoms with E-state index in [0.717, 1.165) is 19.5 Å². The smallest absolute Gasteiger partial charge is 0.242 e. The second-order valence-electron chi connectivity index (χ2n) is 6.07. The molecule has 3 rings (SSSR count). The molecule has 1 N–H and O–H groups in total. The molecular weight excluding hydrogens is 324 g/mol.